The molecule has 0 unspecified atom stereocenters. The molecule has 2 aromatic heterocycles. The first-order chi connectivity index (χ1) is 30.6. The summed E-state index contributed by atoms with van der Waals surface area (Å²) in [6, 6.07) is 3.29. The van der Waals surface area contributed by atoms with Crippen LogP contribution in [0.2, 0.25) is 0 Å². The number of amides is 2. The van der Waals surface area contributed by atoms with E-state index in [1.54, 1.807) is 24.8 Å². The number of aliphatic hydroxyl groups excluding tert-OH is 2. The SMILES string of the molecule is CC(C)(C)C#Cc1cc(N2C(=O)[C@@](C)(CCCO)OC[C@H]2C2CCCCC2)c(C(=O)O)s1.COC(=O)c1sc(C#CC(C)(C)C)cc1N1C(=O)[C@@](C)(CCCO)OC[C@H]1C1CCCCC1. The van der Waals surface area contributed by atoms with Crippen molar-refractivity contribution in [2.75, 3.05) is 43.3 Å². The lowest BCUT2D eigenvalue weighted by Crippen LogP contribution is -2.62. The number of ether oxygens (including phenoxy) is 3. The minimum absolute atomic E-state index is 0.00329. The second-order valence-corrected chi connectivity index (χ2v) is 22.6. The molecule has 358 valence electrons. The fraction of sp³-hybridized carbons (Fsp3) is 0.686. The Hall–Kier alpha value is -3.76. The Morgan fingerprint density at radius 1 is 0.708 bits per heavy atom. The van der Waals surface area contributed by atoms with Gasteiger partial charge in [0.25, 0.3) is 11.8 Å². The van der Waals surface area contributed by atoms with Crippen LogP contribution >= 0.6 is 22.7 Å². The first-order valence-corrected chi connectivity index (χ1v) is 25.1. The number of carboxylic acids is 1. The van der Waals surface area contributed by atoms with Crippen LogP contribution in [-0.4, -0.2) is 95.9 Å². The van der Waals surface area contributed by atoms with Gasteiger partial charge >= 0.3 is 11.9 Å². The number of hydrogen-bond acceptors (Lipinski definition) is 11. The normalized spacial score (nSPS) is 24.6. The molecule has 0 radical (unpaired) electrons. The monoisotopic (exact) mass is 936 g/mol. The number of methoxy groups -OCH3 is 1. The van der Waals surface area contributed by atoms with Crippen molar-refractivity contribution in [3.8, 4) is 23.7 Å². The summed E-state index contributed by atoms with van der Waals surface area (Å²) in [5.74, 6) is 11.4. The average molecular weight is 937 g/mol. The largest absolute Gasteiger partial charge is 0.477 e. The van der Waals surface area contributed by atoms with Crippen LogP contribution in [0.15, 0.2) is 12.1 Å². The van der Waals surface area contributed by atoms with E-state index in [2.05, 4.69) is 23.7 Å². The van der Waals surface area contributed by atoms with Gasteiger partial charge in [0.05, 0.1) is 53.5 Å². The molecule has 2 saturated carbocycles. The minimum Gasteiger partial charge on any atom is -0.477 e. The number of carbonyl (C=O) groups excluding carboxylic acids is 3. The smallest absolute Gasteiger partial charge is 0.350 e. The van der Waals surface area contributed by atoms with Crippen LogP contribution in [0.25, 0.3) is 0 Å². The second-order valence-electron chi connectivity index (χ2n) is 20.5. The molecule has 2 saturated heterocycles. The van der Waals surface area contributed by atoms with E-state index in [9.17, 15) is 34.5 Å². The molecule has 2 aliphatic carbocycles. The van der Waals surface area contributed by atoms with Gasteiger partial charge in [-0.25, -0.2) is 9.59 Å². The molecule has 14 heteroatoms. The lowest BCUT2D eigenvalue weighted by Gasteiger charge is -2.47. The molecular formula is C51H72N2O10S2. The lowest BCUT2D eigenvalue weighted by molar-refractivity contribution is -0.154. The van der Waals surface area contributed by atoms with Gasteiger partial charge in [-0.1, -0.05) is 62.2 Å². The zero-order valence-corrected chi connectivity index (χ0v) is 41.7. The van der Waals surface area contributed by atoms with Crippen LogP contribution in [0.1, 0.15) is 174 Å². The Kier molecular flexibility index (Phi) is 18.0. The molecule has 6 rings (SSSR count). The molecule has 2 aliphatic heterocycles. The molecule has 4 heterocycles. The van der Waals surface area contributed by atoms with Crippen LogP contribution in [-0.2, 0) is 23.8 Å². The predicted molar refractivity (Wildman–Crippen MR) is 257 cm³/mol. The highest BCUT2D eigenvalue weighted by Crippen LogP contribution is 2.44. The number of morpholine rings is 2. The number of esters is 1. The van der Waals surface area contributed by atoms with Crippen molar-refractivity contribution < 1.29 is 48.7 Å². The fourth-order valence-electron chi connectivity index (χ4n) is 9.26. The molecule has 65 heavy (non-hydrogen) atoms. The van der Waals surface area contributed by atoms with Crippen LogP contribution in [0, 0.1) is 46.3 Å². The second kappa shape index (κ2) is 22.4. The zero-order chi connectivity index (χ0) is 47.7. The van der Waals surface area contributed by atoms with Gasteiger partial charge in [-0.05, 0) is 131 Å². The van der Waals surface area contributed by atoms with Crippen molar-refractivity contribution in [3.05, 3.63) is 31.6 Å². The van der Waals surface area contributed by atoms with Crippen molar-refractivity contribution in [2.45, 2.75) is 169 Å². The maximum absolute atomic E-state index is 13.9. The minimum atomic E-state index is -1.08. The van der Waals surface area contributed by atoms with E-state index in [1.165, 1.54) is 31.3 Å². The quantitative estimate of drug-likeness (QED) is 0.138. The lowest BCUT2D eigenvalue weighted by atomic mass is 9.81. The number of carboxylic acid groups (broad SMARTS) is 1. The van der Waals surface area contributed by atoms with Gasteiger partial charge in [0.2, 0.25) is 0 Å². The molecule has 0 aromatic carbocycles. The molecule has 4 atom stereocenters. The van der Waals surface area contributed by atoms with Crippen LogP contribution < -0.4 is 9.80 Å². The van der Waals surface area contributed by atoms with E-state index in [-0.39, 0.29) is 58.7 Å². The third-order valence-electron chi connectivity index (χ3n) is 12.8. The highest BCUT2D eigenvalue weighted by Gasteiger charge is 2.50. The molecule has 0 spiro atoms. The third-order valence-corrected chi connectivity index (χ3v) is 14.8. The van der Waals surface area contributed by atoms with Crippen molar-refractivity contribution in [1.82, 2.24) is 0 Å². The molecule has 2 aromatic rings. The first kappa shape index (κ1) is 52.2. The fourth-order valence-corrected chi connectivity index (χ4v) is 11.0. The maximum atomic E-state index is 13.9. The maximum Gasteiger partial charge on any atom is 0.350 e. The first-order valence-electron chi connectivity index (χ1n) is 23.5. The summed E-state index contributed by atoms with van der Waals surface area (Å²) in [5.41, 5.74) is -1.51. The van der Waals surface area contributed by atoms with Crippen molar-refractivity contribution in [2.24, 2.45) is 22.7 Å². The Bertz CT molecular complexity index is 2110. The van der Waals surface area contributed by atoms with Crippen LogP contribution in [0.4, 0.5) is 11.4 Å². The van der Waals surface area contributed by atoms with E-state index in [4.69, 9.17) is 14.2 Å². The van der Waals surface area contributed by atoms with E-state index >= 15 is 0 Å². The molecule has 2 amide bonds. The Labute approximate surface area is 394 Å². The molecule has 0 bridgehead atoms. The summed E-state index contributed by atoms with van der Waals surface area (Å²) in [6.45, 7) is 16.4. The Morgan fingerprint density at radius 2 is 1.09 bits per heavy atom. The third kappa shape index (κ3) is 13.2. The zero-order valence-electron chi connectivity index (χ0n) is 40.1. The number of aromatic carboxylic acids is 1. The average Bonchev–Trinajstić information content (AvgIpc) is 3.91. The van der Waals surface area contributed by atoms with E-state index in [0.29, 0.717) is 65.9 Å². The van der Waals surface area contributed by atoms with Gasteiger partial charge in [0.15, 0.2) is 0 Å². The van der Waals surface area contributed by atoms with Gasteiger partial charge in [-0.2, -0.15) is 0 Å². The summed E-state index contributed by atoms with van der Waals surface area (Å²) in [4.78, 5) is 58.1. The number of carbonyl (C=O) groups is 4. The van der Waals surface area contributed by atoms with Gasteiger partial charge in [-0.3, -0.25) is 9.59 Å². The van der Waals surface area contributed by atoms with Crippen molar-refractivity contribution in [1.29, 1.82) is 0 Å². The van der Waals surface area contributed by atoms with Gasteiger partial charge in [-0.15, -0.1) is 22.7 Å². The molecule has 12 nitrogen and oxygen atoms in total. The molecule has 4 aliphatic rings. The standard InChI is InChI=1S/C26H37NO5S.C25H35NO5S/c1-25(2,3)14-12-19-16-20(22(33-19)23(29)31-5)27-21(18-10-7-6-8-11-18)17-32-26(4,24(27)30)13-9-15-28;1-24(2,3)13-11-18-15-19(21(32-18)22(28)29)26-20(17-9-6-5-7-10-17)16-31-25(4,23(26)30)12-8-14-27/h16,18,21,28H,6-11,13,15,17H2,1-5H3;15,17,20,27H,5-10,12,14,16H2,1-4H3,(H,28,29)/t21-,26+;20-,25+/m00/s1. The van der Waals surface area contributed by atoms with Crippen molar-refractivity contribution in [3.63, 3.8) is 0 Å². The summed E-state index contributed by atoms with van der Waals surface area (Å²) >= 11 is 2.40. The molecule has 4 fully saturated rings. The highest BCUT2D eigenvalue weighted by molar-refractivity contribution is 7.15. The summed E-state index contributed by atoms with van der Waals surface area (Å²) in [5, 5.41) is 28.6. The molecule has 3 N–H and O–H groups in total. The van der Waals surface area contributed by atoms with Crippen molar-refractivity contribution >= 4 is 57.8 Å². The van der Waals surface area contributed by atoms with Gasteiger partial charge in [0, 0.05) is 24.0 Å². The Balaban J connectivity index is 0.000000244. The number of rotatable bonds is 12. The Morgan fingerprint density at radius 3 is 1.45 bits per heavy atom. The van der Waals surface area contributed by atoms with Crippen LogP contribution in [0.5, 0.6) is 0 Å². The van der Waals surface area contributed by atoms with Gasteiger partial charge < -0.3 is 39.3 Å². The summed E-state index contributed by atoms with van der Waals surface area (Å²) < 4.78 is 17.4. The molecular weight excluding hydrogens is 865 g/mol. The van der Waals surface area contributed by atoms with E-state index < -0.39 is 23.1 Å². The number of aliphatic hydroxyl groups is 2. The predicted octanol–water partition coefficient (Wildman–Crippen LogP) is 9.46. The number of thiophene rings is 2. The number of hydrogen-bond donors (Lipinski definition) is 3. The summed E-state index contributed by atoms with van der Waals surface area (Å²) in [6.07, 6.45) is 12.7. The summed E-state index contributed by atoms with van der Waals surface area (Å²) in [7, 11) is 1.36. The highest BCUT2D eigenvalue weighted by atomic mass is 32.1. The number of anilines is 2. The van der Waals surface area contributed by atoms with Gasteiger partial charge in [0.1, 0.15) is 21.0 Å². The van der Waals surface area contributed by atoms with E-state index in [1.807, 2.05) is 52.5 Å². The van der Waals surface area contributed by atoms with E-state index in [0.717, 1.165) is 67.6 Å². The number of nitrogens with zero attached hydrogens (tertiary/aromatic N) is 2. The van der Waals surface area contributed by atoms with Crippen LogP contribution in [0.3, 0.4) is 0 Å². The topological polar surface area (TPSA) is 163 Å².